The Morgan fingerprint density at radius 3 is 2.84 bits per heavy atom. The smallest absolute Gasteiger partial charge is 0.146 e. The van der Waals surface area contributed by atoms with E-state index in [0.717, 1.165) is 35.9 Å². The number of H-pyrrole nitrogens is 1. The van der Waals surface area contributed by atoms with Crippen molar-refractivity contribution in [2.24, 2.45) is 0 Å². The van der Waals surface area contributed by atoms with Crippen LogP contribution in [0.1, 0.15) is 43.5 Å². The van der Waals surface area contributed by atoms with E-state index in [0.29, 0.717) is 5.15 Å². The van der Waals surface area contributed by atoms with Gasteiger partial charge in [0, 0.05) is 12.0 Å². The van der Waals surface area contributed by atoms with Crippen LogP contribution in [0.15, 0.2) is 6.33 Å². The van der Waals surface area contributed by atoms with Gasteiger partial charge in [0.15, 0.2) is 0 Å². The molecule has 102 valence electrons. The molecule has 2 aromatic rings. The summed E-state index contributed by atoms with van der Waals surface area (Å²) in [6, 6.07) is -0.0263. The zero-order chi connectivity index (χ0) is 13.8. The summed E-state index contributed by atoms with van der Waals surface area (Å²) in [5.74, 6) is 2.25. The third-order valence-electron chi connectivity index (χ3n) is 2.80. The van der Waals surface area contributed by atoms with Crippen LogP contribution in [0.4, 0.5) is 5.82 Å². The highest BCUT2D eigenvalue weighted by atomic mass is 35.5. The molecule has 0 amide bonds. The maximum Gasteiger partial charge on any atom is 0.146 e. The number of nitrogens with one attached hydrogen (secondary N) is 2. The Morgan fingerprint density at radius 2 is 2.21 bits per heavy atom. The van der Waals surface area contributed by atoms with Crippen LogP contribution < -0.4 is 5.32 Å². The molecule has 19 heavy (non-hydrogen) atoms. The molecule has 0 aliphatic carbocycles. The van der Waals surface area contributed by atoms with E-state index < -0.39 is 0 Å². The number of aromatic nitrogens is 5. The summed E-state index contributed by atoms with van der Waals surface area (Å²) in [6.45, 7) is 5.96. The van der Waals surface area contributed by atoms with Gasteiger partial charge in [-0.05, 0) is 20.3 Å². The highest BCUT2D eigenvalue weighted by molar-refractivity contribution is 6.30. The molecule has 0 spiro atoms. The van der Waals surface area contributed by atoms with E-state index >= 15 is 0 Å². The van der Waals surface area contributed by atoms with Crippen molar-refractivity contribution in [3.8, 4) is 0 Å². The zero-order valence-corrected chi connectivity index (χ0v) is 12.0. The molecule has 0 saturated heterocycles. The fourth-order valence-corrected chi connectivity index (χ4v) is 1.89. The van der Waals surface area contributed by atoms with Gasteiger partial charge in [-0.15, -0.1) is 0 Å². The summed E-state index contributed by atoms with van der Waals surface area (Å²) in [7, 11) is 0. The molecule has 2 aromatic heterocycles. The van der Waals surface area contributed by atoms with Crippen LogP contribution in [0.25, 0.3) is 0 Å². The molecule has 0 aromatic carbocycles. The van der Waals surface area contributed by atoms with E-state index in [4.69, 9.17) is 11.6 Å². The van der Waals surface area contributed by atoms with Crippen molar-refractivity contribution in [2.75, 3.05) is 5.32 Å². The van der Waals surface area contributed by atoms with Crippen molar-refractivity contribution in [1.82, 2.24) is 25.1 Å². The van der Waals surface area contributed by atoms with E-state index in [-0.39, 0.29) is 6.04 Å². The molecular weight excluding hydrogens is 264 g/mol. The number of aryl methyl sites for hydroxylation is 1. The van der Waals surface area contributed by atoms with Crippen molar-refractivity contribution in [1.29, 1.82) is 0 Å². The molecule has 1 unspecified atom stereocenters. The van der Waals surface area contributed by atoms with Crippen LogP contribution in [0, 0.1) is 6.92 Å². The third-order valence-corrected chi connectivity index (χ3v) is 3.17. The van der Waals surface area contributed by atoms with Crippen molar-refractivity contribution in [3.05, 3.63) is 28.7 Å². The minimum absolute atomic E-state index is 0.0263. The fraction of sp³-hybridized carbons (Fsp3) is 0.500. The first-order chi connectivity index (χ1) is 9.11. The van der Waals surface area contributed by atoms with Gasteiger partial charge >= 0.3 is 0 Å². The Balaban J connectivity index is 2.23. The molecule has 0 aliphatic heterocycles. The number of rotatable bonds is 5. The molecule has 0 fully saturated rings. The van der Waals surface area contributed by atoms with Crippen LogP contribution in [-0.4, -0.2) is 25.1 Å². The zero-order valence-electron chi connectivity index (χ0n) is 11.2. The molecule has 6 nitrogen and oxygen atoms in total. The summed E-state index contributed by atoms with van der Waals surface area (Å²) in [5, 5.41) is 10.4. The highest BCUT2D eigenvalue weighted by Gasteiger charge is 2.14. The molecule has 0 radical (unpaired) electrons. The number of nitrogens with zero attached hydrogens (tertiary/aromatic N) is 4. The first-order valence-corrected chi connectivity index (χ1v) is 6.64. The standard InChI is InChI=1S/C12H17ClN6/c1-4-5-9-17-10(13)7(2)11(18-9)16-8(3)12-14-6-15-19-12/h6,8H,4-5H2,1-3H3,(H,14,15,19)(H,16,17,18). The molecule has 1 atom stereocenters. The van der Waals surface area contributed by atoms with Gasteiger partial charge in [-0.1, -0.05) is 18.5 Å². The summed E-state index contributed by atoms with van der Waals surface area (Å²) in [6.07, 6.45) is 3.28. The van der Waals surface area contributed by atoms with Gasteiger partial charge in [0.2, 0.25) is 0 Å². The largest absolute Gasteiger partial charge is 0.360 e. The van der Waals surface area contributed by atoms with Gasteiger partial charge in [0.05, 0.1) is 6.04 Å². The van der Waals surface area contributed by atoms with E-state index in [1.54, 1.807) is 0 Å². The lowest BCUT2D eigenvalue weighted by molar-refractivity contribution is 0.775. The van der Waals surface area contributed by atoms with Crippen molar-refractivity contribution in [3.63, 3.8) is 0 Å². The molecule has 2 N–H and O–H groups in total. The van der Waals surface area contributed by atoms with Gasteiger partial charge in [-0.25, -0.2) is 15.0 Å². The first kappa shape index (κ1) is 13.7. The Morgan fingerprint density at radius 1 is 1.42 bits per heavy atom. The quantitative estimate of drug-likeness (QED) is 0.823. The first-order valence-electron chi connectivity index (χ1n) is 6.26. The predicted molar refractivity (Wildman–Crippen MR) is 74.2 cm³/mol. The fourth-order valence-electron chi connectivity index (χ4n) is 1.71. The monoisotopic (exact) mass is 280 g/mol. The maximum absolute atomic E-state index is 6.14. The average molecular weight is 281 g/mol. The lowest BCUT2D eigenvalue weighted by Gasteiger charge is -2.15. The lowest BCUT2D eigenvalue weighted by Crippen LogP contribution is -2.12. The molecule has 2 heterocycles. The summed E-state index contributed by atoms with van der Waals surface area (Å²) < 4.78 is 0. The van der Waals surface area contributed by atoms with Crippen molar-refractivity contribution < 1.29 is 0 Å². The molecule has 0 saturated carbocycles. The minimum Gasteiger partial charge on any atom is -0.360 e. The molecule has 0 aliphatic rings. The average Bonchev–Trinajstić information content (AvgIpc) is 2.89. The second-order valence-electron chi connectivity index (χ2n) is 4.39. The van der Waals surface area contributed by atoms with Crippen LogP contribution >= 0.6 is 11.6 Å². The molecule has 7 heteroatoms. The second kappa shape index (κ2) is 5.97. The van der Waals surface area contributed by atoms with Crippen LogP contribution in [-0.2, 0) is 6.42 Å². The van der Waals surface area contributed by atoms with Gasteiger partial charge in [0.1, 0.15) is 28.9 Å². The Hall–Kier alpha value is -1.69. The van der Waals surface area contributed by atoms with Crippen LogP contribution in [0.3, 0.4) is 0 Å². The summed E-state index contributed by atoms with van der Waals surface area (Å²) in [4.78, 5) is 12.9. The number of aromatic amines is 1. The summed E-state index contributed by atoms with van der Waals surface area (Å²) >= 11 is 6.14. The SMILES string of the molecule is CCCc1nc(Cl)c(C)c(NC(C)c2ncn[nH]2)n1. The van der Waals surface area contributed by atoms with Gasteiger partial charge in [-0.2, -0.15) is 5.10 Å². The number of halogens is 1. The highest BCUT2D eigenvalue weighted by Crippen LogP contribution is 2.23. The van der Waals surface area contributed by atoms with Crippen molar-refractivity contribution >= 4 is 17.4 Å². The third kappa shape index (κ3) is 3.20. The maximum atomic E-state index is 6.14. The van der Waals surface area contributed by atoms with Crippen molar-refractivity contribution in [2.45, 2.75) is 39.7 Å². The molecular formula is C12H17ClN6. The second-order valence-corrected chi connectivity index (χ2v) is 4.75. The topological polar surface area (TPSA) is 79.4 Å². The van der Waals surface area contributed by atoms with E-state index in [1.807, 2.05) is 13.8 Å². The predicted octanol–water partition coefficient (Wildman–Crippen LogP) is 2.68. The Labute approximate surface area is 117 Å². The Kier molecular flexibility index (Phi) is 4.31. The summed E-state index contributed by atoms with van der Waals surface area (Å²) in [5.41, 5.74) is 0.841. The number of hydrogen-bond donors (Lipinski definition) is 2. The van der Waals surface area contributed by atoms with Gasteiger partial charge in [-0.3, -0.25) is 5.10 Å². The Bertz CT molecular complexity index is 539. The number of hydrogen-bond acceptors (Lipinski definition) is 5. The van der Waals surface area contributed by atoms with E-state index in [2.05, 4.69) is 37.4 Å². The minimum atomic E-state index is -0.0263. The van der Waals surface area contributed by atoms with Crippen LogP contribution in [0.5, 0.6) is 0 Å². The number of anilines is 1. The van der Waals surface area contributed by atoms with Gasteiger partial charge in [0.25, 0.3) is 0 Å². The lowest BCUT2D eigenvalue weighted by atomic mass is 10.2. The van der Waals surface area contributed by atoms with Crippen LogP contribution in [0.2, 0.25) is 5.15 Å². The molecule has 0 bridgehead atoms. The molecule has 2 rings (SSSR count). The van der Waals surface area contributed by atoms with E-state index in [9.17, 15) is 0 Å². The van der Waals surface area contributed by atoms with E-state index in [1.165, 1.54) is 6.33 Å². The van der Waals surface area contributed by atoms with Gasteiger partial charge < -0.3 is 5.32 Å². The normalized spacial score (nSPS) is 12.4.